The number of thiophene rings is 1. The average Bonchev–Trinajstić information content (AvgIpc) is 3.54. The van der Waals surface area contributed by atoms with Crippen molar-refractivity contribution in [3.8, 4) is 0 Å². The SMILES string of the molecule is OCCN(Sc1cccs1)c1cccc2cc(C3=NCC(CN4CCOCC4)S3)[nH]c12. The van der Waals surface area contributed by atoms with Crippen LogP contribution in [0.3, 0.4) is 0 Å². The molecular formula is C22H26N4O2S3. The van der Waals surface area contributed by atoms with Crippen LogP contribution in [0.25, 0.3) is 10.9 Å². The lowest BCUT2D eigenvalue weighted by Crippen LogP contribution is -2.40. The molecule has 0 bridgehead atoms. The maximum Gasteiger partial charge on any atom is 0.114 e. The summed E-state index contributed by atoms with van der Waals surface area (Å²) in [5, 5.41) is 14.5. The van der Waals surface area contributed by atoms with Gasteiger partial charge in [-0.05, 0) is 35.5 Å². The van der Waals surface area contributed by atoms with Crippen molar-refractivity contribution in [3.63, 3.8) is 0 Å². The van der Waals surface area contributed by atoms with Crippen LogP contribution in [0.15, 0.2) is 51.0 Å². The molecular weight excluding hydrogens is 448 g/mol. The van der Waals surface area contributed by atoms with E-state index in [1.165, 1.54) is 9.60 Å². The minimum Gasteiger partial charge on any atom is -0.394 e. The van der Waals surface area contributed by atoms with Crippen molar-refractivity contribution in [1.29, 1.82) is 0 Å². The normalized spacial score (nSPS) is 19.8. The molecule has 1 aromatic carbocycles. The Balaban J connectivity index is 1.34. The van der Waals surface area contributed by atoms with Gasteiger partial charge in [0.15, 0.2) is 0 Å². The number of nitrogens with zero attached hydrogens (tertiary/aromatic N) is 3. The zero-order chi connectivity index (χ0) is 21.0. The van der Waals surface area contributed by atoms with Crippen LogP contribution in [0.4, 0.5) is 5.69 Å². The third kappa shape index (κ3) is 4.97. The van der Waals surface area contributed by atoms with Crippen LogP contribution in [-0.2, 0) is 4.74 Å². The van der Waals surface area contributed by atoms with Gasteiger partial charge in [0.2, 0.25) is 0 Å². The number of hydrogen-bond donors (Lipinski definition) is 2. The highest BCUT2D eigenvalue weighted by molar-refractivity contribution is 8.15. The van der Waals surface area contributed by atoms with E-state index in [1.54, 1.807) is 23.3 Å². The highest BCUT2D eigenvalue weighted by Gasteiger charge is 2.25. The molecule has 4 heterocycles. The Morgan fingerprint density at radius 2 is 2.16 bits per heavy atom. The third-order valence-electron chi connectivity index (χ3n) is 5.41. The van der Waals surface area contributed by atoms with Gasteiger partial charge in [-0.2, -0.15) is 0 Å². The summed E-state index contributed by atoms with van der Waals surface area (Å²) < 4.78 is 8.84. The van der Waals surface area contributed by atoms with Crippen LogP contribution in [0.2, 0.25) is 0 Å². The minimum atomic E-state index is 0.105. The van der Waals surface area contributed by atoms with Crippen molar-refractivity contribution in [1.82, 2.24) is 9.88 Å². The maximum absolute atomic E-state index is 9.64. The fourth-order valence-electron chi connectivity index (χ4n) is 3.93. The summed E-state index contributed by atoms with van der Waals surface area (Å²) in [5.74, 6) is 0. The molecule has 2 aliphatic heterocycles. The second-order valence-electron chi connectivity index (χ2n) is 7.57. The van der Waals surface area contributed by atoms with E-state index in [0.717, 1.165) is 61.3 Å². The summed E-state index contributed by atoms with van der Waals surface area (Å²) in [6.45, 7) is 6.31. The fraction of sp³-hybridized carbons (Fsp3) is 0.409. The van der Waals surface area contributed by atoms with Gasteiger partial charge in [-0.1, -0.05) is 30.0 Å². The zero-order valence-corrected chi connectivity index (χ0v) is 19.6. The highest BCUT2D eigenvalue weighted by Crippen LogP contribution is 2.37. The summed E-state index contributed by atoms with van der Waals surface area (Å²) in [6, 6.07) is 12.7. The van der Waals surface area contributed by atoms with Crippen molar-refractivity contribution < 1.29 is 9.84 Å². The number of rotatable bonds is 8. The molecule has 9 heteroatoms. The van der Waals surface area contributed by atoms with Gasteiger partial charge in [-0.15, -0.1) is 11.3 Å². The number of aromatic nitrogens is 1. The number of morpholine rings is 1. The Hall–Kier alpha value is -1.49. The third-order valence-corrected chi connectivity index (χ3v) is 8.71. The van der Waals surface area contributed by atoms with Crippen molar-refractivity contribution in [2.24, 2.45) is 4.99 Å². The number of thioether (sulfide) groups is 1. The molecule has 6 nitrogen and oxygen atoms in total. The Morgan fingerprint density at radius 3 is 2.97 bits per heavy atom. The van der Waals surface area contributed by atoms with Gasteiger partial charge < -0.3 is 19.1 Å². The number of benzene rings is 1. The van der Waals surface area contributed by atoms with Crippen molar-refractivity contribution in [2.75, 3.05) is 56.8 Å². The molecule has 1 saturated heterocycles. The predicted octanol–water partition coefficient (Wildman–Crippen LogP) is 3.93. The molecule has 0 radical (unpaired) electrons. The predicted molar refractivity (Wildman–Crippen MR) is 133 cm³/mol. The Kier molecular flexibility index (Phi) is 6.87. The number of aliphatic hydroxyl groups is 1. The number of ether oxygens (including phenoxy) is 1. The lowest BCUT2D eigenvalue weighted by molar-refractivity contribution is 0.0385. The number of nitrogens with one attached hydrogen (secondary N) is 1. The largest absolute Gasteiger partial charge is 0.394 e. The number of aliphatic imine (C=N–C) groups is 1. The monoisotopic (exact) mass is 474 g/mol. The van der Waals surface area contributed by atoms with E-state index in [1.807, 2.05) is 11.8 Å². The highest BCUT2D eigenvalue weighted by atomic mass is 32.2. The van der Waals surface area contributed by atoms with Gasteiger partial charge in [0, 0.05) is 30.3 Å². The first-order valence-electron chi connectivity index (χ1n) is 10.5. The van der Waals surface area contributed by atoms with E-state index in [9.17, 15) is 5.11 Å². The van der Waals surface area contributed by atoms with E-state index in [2.05, 4.69) is 56.0 Å². The molecule has 1 unspecified atom stereocenters. The first-order chi connectivity index (χ1) is 15.3. The molecule has 2 aromatic heterocycles. The molecule has 164 valence electrons. The van der Waals surface area contributed by atoms with Gasteiger partial charge >= 0.3 is 0 Å². The number of H-pyrrole nitrogens is 1. The lowest BCUT2D eigenvalue weighted by Gasteiger charge is -2.28. The Bertz CT molecular complexity index is 1030. The summed E-state index contributed by atoms with van der Waals surface area (Å²) in [4.78, 5) is 11.0. The van der Waals surface area contributed by atoms with Crippen molar-refractivity contribution in [3.05, 3.63) is 47.5 Å². The van der Waals surface area contributed by atoms with Crippen LogP contribution in [0.1, 0.15) is 5.69 Å². The first kappa shape index (κ1) is 21.4. The second-order valence-corrected chi connectivity index (χ2v) is 11.1. The summed E-state index contributed by atoms with van der Waals surface area (Å²) in [5.41, 5.74) is 3.27. The maximum atomic E-state index is 9.64. The first-order valence-corrected chi connectivity index (χ1v) is 13.1. The number of anilines is 1. The molecule has 5 rings (SSSR count). The summed E-state index contributed by atoms with van der Waals surface area (Å²) in [6.07, 6.45) is 0. The van der Waals surface area contributed by atoms with Crippen molar-refractivity contribution >= 4 is 56.7 Å². The van der Waals surface area contributed by atoms with Gasteiger partial charge in [0.1, 0.15) is 5.04 Å². The van der Waals surface area contributed by atoms with Gasteiger partial charge in [0.25, 0.3) is 0 Å². The molecule has 3 aromatic rings. The molecule has 1 atom stereocenters. The van der Waals surface area contributed by atoms with Gasteiger partial charge in [-0.3, -0.25) is 9.89 Å². The summed E-state index contributed by atoms with van der Waals surface area (Å²) in [7, 11) is 0. The standard InChI is InChI=1S/C22H26N4O2S3/c27-9-6-26(31-20-5-2-12-29-20)19-4-1-3-16-13-18(24-21(16)19)22-23-14-17(30-22)15-25-7-10-28-11-8-25/h1-5,12-13,17,24,27H,6-11,14-15H2. The molecule has 2 N–H and O–H groups in total. The smallest absolute Gasteiger partial charge is 0.114 e. The molecule has 31 heavy (non-hydrogen) atoms. The van der Waals surface area contributed by atoms with Crippen LogP contribution >= 0.6 is 35.0 Å². The Morgan fingerprint density at radius 1 is 1.26 bits per heavy atom. The quantitative estimate of drug-likeness (QED) is 0.483. The van der Waals surface area contributed by atoms with E-state index >= 15 is 0 Å². The molecule has 0 aliphatic carbocycles. The van der Waals surface area contributed by atoms with Crippen LogP contribution in [0.5, 0.6) is 0 Å². The van der Waals surface area contributed by atoms with Crippen LogP contribution < -0.4 is 4.31 Å². The van der Waals surface area contributed by atoms with Crippen LogP contribution in [-0.4, -0.2) is 77.8 Å². The summed E-state index contributed by atoms with van der Waals surface area (Å²) >= 11 is 5.26. The van der Waals surface area contributed by atoms with E-state index in [0.29, 0.717) is 11.8 Å². The van der Waals surface area contributed by atoms with E-state index < -0.39 is 0 Å². The molecule has 0 saturated carbocycles. The number of aliphatic hydroxyl groups excluding tert-OH is 1. The minimum absolute atomic E-state index is 0.105. The van der Waals surface area contributed by atoms with E-state index in [-0.39, 0.29) is 6.61 Å². The fourth-order valence-corrected chi connectivity index (χ4v) is 6.90. The van der Waals surface area contributed by atoms with E-state index in [4.69, 9.17) is 9.73 Å². The molecule has 1 fully saturated rings. The van der Waals surface area contributed by atoms with Gasteiger partial charge in [0.05, 0.1) is 54.0 Å². The molecule has 0 spiro atoms. The van der Waals surface area contributed by atoms with Gasteiger partial charge in [-0.25, -0.2) is 0 Å². The zero-order valence-electron chi connectivity index (χ0n) is 17.2. The second kappa shape index (κ2) is 9.97. The topological polar surface area (TPSA) is 64.1 Å². The molecule has 2 aliphatic rings. The number of para-hydroxylation sites is 1. The Labute approximate surface area is 194 Å². The van der Waals surface area contributed by atoms with Crippen LogP contribution in [0, 0.1) is 0 Å². The number of fused-ring (bicyclic) bond motifs is 1. The lowest BCUT2D eigenvalue weighted by atomic mass is 10.2. The number of hydrogen-bond acceptors (Lipinski definition) is 8. The average molecular weight is 475 g/mol. The number of aromatic amines is 1. The van der Waals surface area contributed by atoms with Crippen molar-refractivity contribution in [2.45, 2.75) is 9.46 Å². The molecule has 0 amide bonds.